The van der Waals surface area contributed by atoms with E-state index in [0.717, 1.165) is 67.2 Å². The van der Waals surface area contributed by atoms with Crippen molar-refractivity contribution in [2.45, 2.75) is 179 Å². The van der Waals surface area contributed by atoms with Gasteiger partial charge in [-0.1, -0.05) is 126 Å². The lowest BCUT2D eigenvalue weighted by atomic mass is 9.98. The molecule has 6 N–H and O–H groups in total. The molecule has 2 aromatic rings. The molecule has 3 rings (SSSR count). The van der Waals surface area contributed by atoms with Gasteiger partial charge in [-0.25, -0.2) is 14.4 Å². The van der Waals surface area contributed by atoms with Crippen LogP contribution in [-0.4, -0.2) is 157 Å². The van der Waals surface area contributed by atoms with Crippen LogP contribution in [0, 0.1) is 0 Å². The summed E-state index contributed by atoms with van der Waals surface area (Å²) in [4.78, 5) is 97.9. The number of unbranched alkanes of at least 4 members (excludes halogenated alkanes) is 14. The van der Waals surface area contributed by atoms with Crippen molar-refractivity contribution in [1.29, 1.82) is 0 Å². The normalized spacial score (nSPS) is 12.5. The van der Waals surface area contributed by atoms with Crippen molar-refractivity contribution < 1.29 is 76.6 Å². The van der Waals surface area contributed by atoms with Crippen LogP contribution < -0.4 is 26.6 Å². The van der Waals surface area contributed by atoms with E-state index in [-0.39, 0.29) is 127 Å². The number of ether oxygens (including phenoxy) is 7. The summed E-state index contributed by atoms with van der Waals surface area (Å²) in [5.74, 6) is -3.26. The van der Waals surface area contributed by atoms with Gasteiger partial charge in [-0.3, -0.25) is 24.0 Å². The SMILES string of the molecule is COC(=O)[C@H](CCC(=O)NCCOCCOCC(=O)NCCOCCOCC(=O)NCCCC[C@H](NC(=O)OCC1c2ccccc2-c2ccccc21)C(=O)O)NC(=O)CCCCCCCCCCCCCCCCC(=O)OC(C)(C)C. The Morgan fingerprint density at radius 3 is 1.49 bits per heavy atom. The molecule has 0 saturated carbocycles. The molecule has 21 heteroatoms. The lowest BCUT2D eigenvalue weighted by Crippen LogP contribution is -2.42. The quantitative estimate of drug-likeness (QED) is 0.0212. The summed E-state index contributed by atoms with van der Waals surface area (Å²) in [6, 6.07) is 13.8. The van der Waals surface area contributed by atoms with Gasteiger partial charge >= 0.3 is 24.0 Å². The van der Waals surface area contributed by atoms with Crippen LogP contribution >= 0.6 is 0 Å². The summed E-state index contributed by atoms with van der Waals surface area (Å²) in [5.41, 5.74) is 3.87. The van der Waals surface area contributed by atoms with Gasteiger partial charge in [0.15, 0.2) is 0 Å². The molecule has 0 aliphatic heterocycles. The first-order valence-corrected chi connectivity index (χ1v) is 29.6. The molecule has 0 saturated heterocycles. The van der Waals surface area contributed by atoms with Crippen LogP contribution in [0.3, 0.4) is 0 Å². The fourth-order valence-electron chi connectivity index (χ4n) is 9.23. The molecular formula is C61H95N5O16. The van der Waals surface area contributed by atoms with Crippen LogP contribution in [0.15, 0.2) is 48.5 Å². The lowest BCUT2D eigenvalue weighted by Gasteiger charge is -2.19. The number of fused-ring (bicyclic) bond motifs is 3. The van der Waals surface area contributed by atoms with Crippen molar-refractivity contribution in [2.75, 3.05) is 86.2 Å². The Balaban J connectivity index is 1.05. The molecule has 0 heterocycles. The maximum atomic E-state index is 12.6. The number of aliphatic carboxylic acids is 1. The molecular weight excluding hydrogens is 1060 g/mol. The number of carboxylic acids is 1. The summed E-state index contributed by atoms with van der Waals surface area (Å²) in [5, 5.41) is 23.0. The first-order chi connectivity index (χ1) is 39.6. The van der Waals surface area contributed by atoms with Gasteiger partial charge in [-0.05, 0) is 81.5 Å². The number of methoxy groups -OCH3 is 1. The molecule has 0 unspecified atom stereocenters. The summed E-state index contributed by atoms with van der Waals surface area (Å²) < 4.78 is 37.3. The first kappa shape index (κ1) is 70.1. The van der Waals surface area contributed by atoms with Crippen LogP contribution in [0.2, 0.25) is 0 Å². The number of alkyl carbamates (subject to hydrolysis) is 1. The van der Waals surface area contributed by atoms with Crippen LogP contribution in [0.1, 0.15) is 173 Å². The smallest absolute Gasteiger partial charge is 0.407 e. The molecule has 0 bridgehead atoms. The van der Waals surface area contributed by atoms with Gasteiger partial charge in [0.1, 0.15) is 37.5 Å². The van der Waals surface area contributed by atoms with Gasteiger partial charge in [0.25, 0.3) is 0 Å². The monoisotopic (exact) mass is 1150 g/mol. The minimum Gasteiger partial charge on any atom is -0.480 e. The third-order valence-electron chi connectivity index (χ3n) is 13.5. The van der Waals surface area contributed by atoms with E-state index in [0.29, 0.717) is 32.2 Å². The maximum Gasteiger partial charge on any atom is 0.407 e. The highest BCUT2D eigenvalue weighted by atomic mass is 16.6. The van der Waals surface area contributed by atoms with Crippen LogP contribution in [0.25, 0.3) is 11.1 Å². The highest BCUT2D eigenvalue weighted by Crippen LogP contribution is 2.44. The molecule has 460 valence electrons. The minimum atomic E-state index is -1.18. The number of carbonyl (C=O) groups is 8. The number of esters is 2. The molecule has 0 fully saturated rings. The standard InChI is InChI=1S/C61H95N5O16/c1-61(2,3)82-57(71)31-18-16-14-12-10-8-6-5-7-9-11-13-15-17-30-54(68)65-52(59(74)76-4)32-33-53(67)63-35-37-77-39-42-80-45-56(70)64-36-38-78-40-41-79-44-55(69)62-34-24-23-29-51(58(72)73)66-60(75)81-43-50-48-27-21-19-25-46(48)47-26-20-22-28-49(47)50/h19-22,25-28,50-52H,5-18,23-24,29-45H2,1-4H3,(H,62,69)(H,63,67)(H,64,70)(H,65,68)(H,66,75)(H,72,73)/t51-,52-/m0/s1. The molecule has 5 amide bonds. The number of amides is 5. The van der Waals surface area contributed by atoms with Crippen LogP contribution in [0.5, 0.6) is 0 Å². The Bertz CT molecular complexity index is 2160. The number of benzene rings is 2. The molecule has 2 aromatic carbocycles. The van der Waals surface area contributed by atoms with Crippen molar-refractivity contribution in [1.82, 2.24) is 26.6 Å². The van der Waals surface area contributed by atoms with E-state index in [1.54, 1.807) is 0 Å². The number of carboxylic acid groups (broad SMARTS) is 1. The van der Waals surface area contributed by atoms with Crippen molar-refractivity contribution in [3.05, 3.63) is 59.7 Å². The van der Waals surface area contributed by atoms with Gasteiger partial charge in [0.05, 0.1) is 46.8 Å². The topological polar surface area (TPSA) is 282 Å². The third-order valence-corrected chi connectivity index (χ3v) is 13.5. The summed E-state index contributed by atoms with van der Waals surface area (Å²) in [6.07, 6.45) is 16.7. The fourth-order valence-corrected chi connectivity index (χ4v) is 9.23. The second-order valence-corrected chi connectivity index (χ2v) is 21.5. The zero-order chi connectivity index (χ0) is 59.6. The van der Waals surface area contributed by atoms with E-state index in [1.165, 1.54) is 52.1 Å². The van der Waals surface area contributed by atoms with E-state index >= 15 is 0 Å². The second kappa shape index (κ2) is 42.6. The van der Waals surface area contributed by atoms with E-state index in [2.05, 4.69) is 26.6 Å². The lowest BCUT2D eigenvalue weighted by molar-refractivity contribution is -0.155. The van der Waals surface area contributed by atoms with E-state index in [9.17, 15) is 43.5 Å². The Hall–Kier alpha value is -6.16. The Labute approximate surface area is 485 Å². The van der Waals surface area contributed by atoms with E-state index < -0.39 is 35.7 Å². The number of hydrogen-bond acceptors (Lipinski definition) is 15. The summed E-state index contributed by atoms with van der Waals surface area (Å²) >= 11 is 0. The third kappa shape index (κ3) is 32.5. The largest absolute Gasteiger partial charge is 0.480 e. The summed E-state index contributed by atoms with van der Waals surface area (Å²) in [7, 11) is 1.24. The van der Waals surface area contributed by atoms with Gasteiger partial charge in [0.2, 0.25) is 23.6 Å². The van der Waals surface area contributed by atoms with Crippen molar-refractivity contribution >= 4 is 47.6 Å². The van der Waals surface area contributed by atoms with Crippen molar-refractivity contribution in [3.8, 4) is 11.1 Å². The van der Waals surface area contributed by atoms with E-state index in [4.69, 9.17) is 33.2 Å². The van der Waals surface area contributed by atoms with Gasteiger partial charge in [-0.2, -0.15) is 0 Å². The Morgan fingerprint density at radius 1 is 0.500 bits per heavy atom. The first-order valence-electron chi connectivity index (χ1n) is 29.6. The average molecular weight is 1150 g/mol. The molecule has 0 aromatic heterocycles. The number of hydrogen-bond donors (Lipinski definition) is 6. The molecule has 1 aliphatic rings. The van der Waals surface area contributed by atoms with Gasteiger partial charge in [0, 0.05) is 44.8 Å². The predicted octanol–water partition coefficient (Wildman–Crippen LogP) is 7.58. The summed E-state index contributed by atoms with van der Waals surface area (Å²) in [6.45, 7) is 7.27. The number of carbonyl (C=O) groups excluding carboxylic acids is 7. The van der Waals surface area contributed by atoms with Crippen molar-refractivity contribution in [2.24, 2.45) is 0 Å². The fraction of sp³-hybridized carbons (Fsp3) is 0.672. The maximum absolute atomic E-state index is 12.6. The van der Waals surface area contributed by atoms with Gasteiger partial charge < -0.3 is 64.8 Å². The predicted molar refractivity (Wildman–Crippen MR) is 309 cm³/mol. The van der Waals surface area contributed by atoms with Gasteiger partial charge in [-0.15, -0.1) is 0 Å². The molecule has 82 heavy (non-hydrogen) atoms. The highest BCUT2D eigenvalue weighted by Gasteiger charge is 2.30. The zero-order valence-electron chi connectivity index (χ0n) is 49.3. The van der Waals surface area contributed by atoms with E-state index in [1.807, 2.05) is 69.3 Å². The minimum absolute atomic E-state index is 0.00775. The highest BCUT2D eigenvalue weighted by molar-refractivity contribution is 5.85. The second-order valence-electron chi connectivity index (χ2n) is 21.5. The van der Waals surface area contributed by atoms with Crippen molar-refractivity contribution in [3.63, 3.8) is 0 Å². The Kier molecular flexibility index (Phi) is 36.4. The molecule has 2 atom stereocenters. The van der Waals surface area contributed by atoms with Crippen LogP contribution in [0.4, 0.5) is 4.79 Å². The Morgan fingerprint density at radius 2 is 0.976 bits per heavy atom. The average Bonchev–Trinajstić information content (AvgIpc) is 4.03. The van der Waals surface area contributed by atoms with Crippen LogP contribution in [-0.2, 0) is 66.7 Å². The molecule has 1 aliphatic carbocycles. The molecule has 0 radical (unpaired) electrons. The molecule has 21 nitrogen and oxygen atoms in total. The zero-order valence-corrected chi connectivity index (χ0v) is 49.3. The number of nitrogens with one attached hydrogen (secondary N) is 5. The molecule has 0 spiro atoms. The number of rotatable bonds is 47.